The van der Waals surface area contributed by atoms with Crippen LogP contribution < -0.4 is 0 Å². The number of aromatic nitrogens is 3. The third-order valence-electron chi connectivity index (χ3n) is 4.50. The van der Waals surface area contributed by atoms with Crippen LogP contribution in [0.25, 0.3) is 22.5 Å². The van der Waals surface area contributed by atoms with E-state index in [0.717, 1.165) is 37.7 Å². The van der Waals surface area contributed by atoms with E-state index in [4.69, 9.17) is 4.98 Å². The largest absolute Gasteiger partial charge is 0.332 e. The summed E-state index contributed by atoms with van der Waals surface area (Å²) in [5, 5.41) is 0.798. The normalized spacial score (nSPS) is 11.5. The summed E-state index contributed by atoms with van der Waals surface area (Å²) in [4.78, 5) is 12.7. The van der Waals surface area contributed by atoms with Crippen LogP contribution >= 0.6 is 27.7 Å². The number of H-pyrrole nitrogens is 1. The molecule has 4 rings (SSSR count). The van der Waals surface area contributed by atoms with Crippen molar-refractivity contribution in [2.24, 2.45) is 0 Å². The van der Waals surface area contributed by atoms with E-state index in [-0.39, 0.29) is 0 Å². The lowest BCUT2D eigenvalue weighted by molar-refractivity contribution is 0.602. The minimum atomic E-state index is -3.19. The molecular formula is C22H18BrN3O2S2. The predicted octanol–water partition coefficient (Wildman–Crippen LogP) is 5.60. The third kappa shape index (κ3) is 4.83. The first-order valence-corrected chi connectivity index (χ1v) is 12.8. The molecule has 30 heavy (non-hydrogen) atoms. The number of benzene rings is 2. The van der Waals surface area contributed by atoms with Crippen molar-refractivity contribution in [2.45, 2.75) is 15.8 Å². The fraction of sp³-hybridized carbons (Fsp3) is 0.0909. The number of halogens is 1. The van der Waals surface area contributed by atoms with Gasteiger partial charge in [-0.2, -0.15) is 0 Å². The van der Waals surface area contributed by atoms with Gasteiger partial charge in [-0.25, -0.2) is 13.4 Å². The smallest absolute Gasteiger partial charge is 0.175 e. The van der Waals surface area contributed by atoms with Gasteiger partial charge in [-0.1, -0.05) is 52.0 Å². The van der Waals surface area contributed by atoms with Crippen LogP contribution in [0.1, 0.15) is 5.56 Å². The number of sulfone groups is 1. The van der Waals surface area contributed by atoms with Gasteiger partial charge in [0.25, 0.3) is 0 Å². The fourth-order valence-electron chi connectivity index (χ4n) is 2.95. The molecular weight excluding hydrogens is 482 g/mol. The maximum absolute atomic E-state index is 11.6. The minimum Gasteiger partial charge on any atom is -0.332 e. The Morgan fingerprint density at radius 3 is 2.23 bits per heavy atom. The van der Waals surface area contributed by atoms with Gasteiger partial charge >= 0.3 is 0 Å². The fourth-order valence-corrected chi connectivity index (χ4v) is 4.67. The Morgan fingerprint density at radius 1 is 0.933 bits per heavy atom. The Hall–Kier alpha value is -2.42. The molecule has 0 unspecified atom stereocenters. The lowest BCUT2D eigenvalue weighted by atomic mass is 10.1. The highest BCUT2D eigenvalue weighted by Crippen LogP contribution is 2.34. The second-order valence-electron chi connectivity index (χ2n) is 6.71. The molecule has 0 aliphatic rings. The van der Waals surface area contributed by atoms with Gasteiger partial charge in [-0.15, -0.1) is 0 Å². The molecule has 0 spiro atoms. The van der Waals surface area contributed by atoms with E-state index in [1.807, 2.05) is 48.5 Å². The van der Waals surface area contributed by atoms with Crippen molar-refractivity contribution in [3.05, 3.63) is 83.1 Å². The summed E-state index contributed by atoms with van der Waals surface area (Å²) in [6.07, 6.45) is 4.74. The van der Waals surface area contributed by atoms with Crippen molar-refractivity contribution in [1.29, 1.82) is 0 Å². The number of hydrogen-bond donors (Lipinski definition) is 1. The standard InChI is InChI=1S/C22H18BrN3O2S2/c1-30(27,28)19-8-2-15(3-9-19)14-29-22-25-20(16-4-6-18(23)7-5-16)21(26-22)17-10-12-24-13-11-17/h2-13H,14H2,1H3,(H,25,26). The number of nitrogens with zero attached hydrogens (tertiary/aromatic N) is 2. The number of rotatable bonds is 6. The van der Waals surface area contributed by atoms with E-state index in [1.54, 1.807) is 36.3 Å². The average molecular weight is 500 g/mol. The first-order chi connectivity index (χ1) is 14.4. The first-order valence-electron chi connectivity index (χ1n) is 9.08. The molecule has 0 aliphatic carbocycles. The topological polar surface area (TPSA) is 75.7 Å². The van der Waals surface area contributed by atoms with E-state index < -0.39 is 9.84 Å². The van der Waals surface area contributed by atoms with Crippen LogP contribution in [0.15, 0.2) is 87.6 Å². The highest BCUT2D eigenvalue weighted by molar-refractivity contribution is 9.10. The summed E-state index contributed by atoms with van der Waals surface area (Å²) < 4.78 is 24.3. The molecule has 0 saturated heterocycles. The van der Waals surface area contributed by atoms with Crippen molar-refractivity contribution >= 4 is 37.5 Å². The minimum absolute atomic E-state index is 0.326. The number of imidazole rings is 1. The van der Waals surface area contributed by atoms with Gasteiger partial charge in [-0.05, 0) is 42.0 Å². The van der Waals surface area contributed by atoms with Crippen LogP contribution in [0.2, 0.25) is 0 Å². The van der Waals surface area contributed by atoms with Gasteiger partial charge in [0.05, 0.1) is 16.3 Å². The molecule has 2 heterocycles. The SMILES string of the molecule is CS(=O)(=O)c1ccc(CSc2nc(-c3ccc(Br)cc3)c(-c3ccncc3)[nH]2)cc1. The van der Waals surface area contributed by atoms with Gasteiger partial charge in [-0.3, -0.25) is 4.98 Å². The summed E-state index contributed by atoms with van der Waals surface area (Å²) in [7, 11) is -3.19. The van der Waals surface area contributed by atoms with E-state index in [0.29, 0.717) is 10.6 Å². The van der Waals surface area contributed by atoms with Crippen molar-refractivity contribution in [3.63, 3.8) is 0 Å². The molecule has 0 saturated carbocycles. The highest BCUT2D eigenvalue weighted by Gasteiger charge is 2.15. The van der Waals surface area contributed by atoms with Crippen LogP contribution in [0.3, 0.4) is 0 Å². The number of nitrogens with one attached hydrogen (secondary N) is 1. The van der Waals surface area contributed by atoms with Crippen LogP contribution in [-0.4, -0.2) is 29.6 Å². The van der Waals surface area contributed by atoms with Gasteiger partial charge < -0.3 is 4.98 Å². The van der Waals surface area contributed by atoms with Crippen LogP contribution in [0, 0.1) is 0 Å². The van der Waals surface area contributed by atoms with E-state index >= 15 is 0 Å². The van der Waals surface area contributed by atoms with E-state index in [9.17, 15) is 8.42 Å². The number of pyridine rings is 1. The molecule has 2 aromatic carbocycles. The molecule has 0 aliphatic heterocycles. The molecule has 1 N–H and O–H groups in total. The molecule has 0 atom stereocenters. The number of hydrogen-bond acceptors (Lipinski definition) is 5. The maximum Gasteiger partial charge on any atom is 0.175 e. The predicted molar refractivity (Wildman–Crippen MR) is 124 cm³/mol. The molecule has 4 aromatic rings. The van der Waals surface area contributed by atoms with Gasteiger partial charge in [0.1, 0.15) is 0 Å². The van der Waals surface area contributed by atoms with Crippen molar-refractivity contribution in [3.8, 4) is 22.5 Å². The summed E-state index contributed by atoms with van der Waals surface area (Å²) in [6, 6.07) is 18.9. The zero-order valence-electron chi connectivity index (χ0n) is 16.0. The Balaban J connectivity index is 1.62. The zero-order chi connectivity index (χ0) is 21.1. The van der Waals surface area contributed by atoms with Crippen LogP contribution in [-0.2, 0) is 15.6 Å². The number of thioether (sulfide) groups is 1. The molecule has 5 nitrogen and oxygen atoms in total. The molecule has 152 valence electrons. The Labute approximate surface area is 188 Å². The van der Waals surface area contributed by atoms with Gasteiger partial charge in [0.2, 0.25) is 0 Å². The Bertz CT molecular complexity index is 1250. The first kappa shape index (κ1) is 20.8. The highest BCUT2D eigenvalue weighted by atomic mass is 79.9. The zero-order valence-corrected chi connectivity index (χ0v) is 19.3. The van der Waals surface area contributed by atoms with Crippen LogP contribution in [0.5, 0.6) is 0 Å². The molecule has 0 bridgehead atoms. The summed E-state index contributed by atoms with van der Waals surface area (Å²) in [5.74, 6) is 0.674. The second-order valence-corrected chi connectivity index (χ2v) is 10.6. The Kier molecular flexibility index (Phi) is 6.08. The number of aromatic amines is 1. The van der Waals surface area contributed by atoms with E-state index in [2.05, 4.69) is 25.9 Å². The molecule has 0 radical (unpaired) electrons. The second kappa shape index (κ2) is 8.75. The van der Waals surface area contributed by atoms with E-state index in [1.165, 1.54) is 6.26 Å². The van der Waals surface area contributed by atoms with Gasteiger partial charge in [0.15, 0.2) is 15.0 Å². The van der Waals surface area contributed by atoms with Crippen molar-refractivity contribution in [1.82, 2.24) is 15.0 Å². The monoisotopic (exact) mass is 499 g/mol. The summed E-state index contributed by atoms with van der Waals surface area (Å²) in [6.45, 7) is 0. The quantitative estimate of drug-likeness (QED) is 0.349. The summed E-state index contributed by atoms with van der Waals surface area (Å²) in [5.41, 5.74) is 4.88. The molecule has 2 aromatic heterocycles. The maximum atomic E-state index is 11.6. The molecule has 8 heteroatoms. The van der Waals surface area contributed by atoms with Crippen molar-refractivity contribution < 1.29 is 8.42 Å². The third-order valence-corrected chi connectivity index (χ3v) is 7.10. The van der Waals surface area contributed by atoms with Gasteiger partial charge in [0, 0.05) is 40.0 Å². The molecule has 0 fully saturated rings. The molecule has 0 amide bonds. The lowest BCUT2D eigenvalue weighted by Crippen LogP contribution is -1.96. The Morgan fingerprint density at radius 2 is 1.60 bits per heavy atom. The summed E-state index contributed by atoms with van der Waals surface area (Å²) >= 11 is 5.05. The van der Waals surface area contributed by atoms with Crippen molar-refractivity contribution in [2.75, 3.05) is 6.26 Å². The lowest BCUT2D eigenvalue weighted by Gasteiger charge is -2.03. The van der Waals surface area contributed by atoms with Crippen LogP contribution in [0.4, 0.5) is 0 Å². The average Bonchev–Trinajstić information content (AvgIpc) is 3.17.